The Morgan fingerprint density at radius 1 is 1.25 bits per heavy atom. The van der Waals surface area contributed by atoms with Crippen molar-refractivity contribution in [3.8, 4) is 0 Å². The van der Waals surface area contributed by atoms with Gasteiger partial charge >= 0.3 is 0 Å². The molecule has 1 unspecified atom stereocenters. The summed E-state index contributed by atoms with van der Waals surface area (Å²) in [5.41, 5.74) is 2.01. The van der Waals surface area contributed by atoms with Gasteiger partial charge in [-0.2, -0.15) is 0 Å². The minimum atomic E-state index is -0.545. The van der Waals surface area contributed by atoms with Crippen LogP contribution in [0.3, 0.4) is 0 Å². The molecule has 0 fully saturated rings. The second kappa shape index (κ2) is 8.44. The Kier molecular flexibility index (Phi) is 6.57. The molecule has 1 aromatic heterocycles. The van der Waals surface area contributed by atoms with E-state index in [-0.39, 0.29) is 5.91 Å². The fourth-order valence-corrected chi connectivity index (χ4v) is 3.19. The molecule has 0 saturated carbocycles. The van der Waals surface area contributed by atoms with Crippen LogP contribution in [-0.2, 0) is 17.8 Å². The molecule has 24 heavy (non-hydrogen) atoms. The van der Waals surface area contributed by atoms with Gasteiger partial charge in [-0.05, 0) is 24.5 Å². The molecular weight excluding hydrogens is 344 g/mol. The fourth-order valence-electron chi connectivity index (χ4n) is 2.32. The summed E-state index contributed by atoms with van der Waals surface area (Å²) in [4.78, 5) is 16.5. The van der Waals surface area contributed by atoms with Gasteiger partial charge in [-0.25, -0.2) is 0 Å². The van der Waals surface area contributed by atoms with Crippen molar-refractivity contribution < 1.29 is 4.79 Å². The largest absolute Gasteiger partial charge is 0.353 e. The second-order valence-electron chi connectivity index (χ2n) is 5.66. The number of rotatable bonds is 7. The van der Waals surface area contributed by atoms with Crippen molar-refractivity contribution in [3.05, 3.63) is 34.8 Å². The molecule has 1 heterocycles. The first-order valence-electron chi connectivity index (χ1n) is 8.00. The number of anilines is 2. The summed E-state index contributed by atoms with van der Waals surface area (Å²) >= 11 is 7.73. The van der Waals surface area contributed by atoms with Crippen molar-refractivity contribution in [2.45, 2.75) is 38.6 Å². The van der Waals surface area contributed by atoms with Crippen LogP contribution in [0.4, 0.5) is 10.8 Å². The lowest BCUT2D eigenvalue weighted by atomic mass is 10.1. The van der Waals surface area contributed by atoms with Gasteiger partial charge in [0, 0.05) is 19.8 Å². The summed E-state index contributed by atoms with van der Waals surface area (Å²) in [5, 5.41) is 9.43. The van der Waals surface area contributed by atoms with Gasteiger partial charge in [-0.1, -0.05) is 43.4 Å². The average molecular weight is 367 g/mol. The highest BCUT2D eigenvalue weighted by Gasteiger charge is 2.25. The van der Waals surface area contributed by atoms with Gasteiger partial charge in [0.15, 0.2) is 0 Å². The third-order valence-electron chi connectivity index (χ3n) is 3.69. The monoisotopic (exact) mass is 366 g/mol. The highest BCUT2D eigenvalue weighted by atomic mass is 35.5. The maximum absolute atomic E-state index is 12.8. The summed E-state index contributed by atoms with van der Waals surface area (Å²) < 4.78 is 0. The van der Waals surface area contributed by atoms with Gasteiger partial charge in [0.1, 0.15) is 10.4 Å². The summed E-state index contributed by atoms with van der Waals surface area (Å²) in [6.07, 6.45) is 1.43. The molecule has 130 valence electrons. The van der Waals surface area contributed by atoms with Gasteiger partial charge in [0.25, 0.3) is 0 Å². The lowest BCUT2D eigenvalue weighted by Crippen LogP contribution is -2.36. The Hall–Kier alpha value is -1.66. The van der Waals surface area contributed by atoms with E-state index >= 15 is 0 Å². The minimum absolute atomic E-state index is 0.0957. The first-order valence-corrected chi connectivity index (χ1v) is 9.26. The predicted molar refractivity (Wildman–Crippen MR) is 101 cm³/mol. The van der Waals surface area contributed by atoms with Crippen molar-refractivity contribution >= 4 is 39.7 Å². The third kappa shape index (κ3) is 4.24. The Morgan fingerprint density at radius 3 is 2.54 bits per heavy atom. The summed E-state index contributed by atoms with van der Waals surface area (Å²) in [7, 11) is 3.84. The van der Waals surface area contributed by atoms with Crippen molar-refractivity contribution in [2.75, 3.05) is 23.9 Å². The van der Waals surface area contributed by atoms with Crippen LogP contribution < -0.4 is 9.80 Å². The van der Waals surface area contributed by atoms with Crippen LogP contribution >= 0.6 is 22.9 Å². The number of aromatic nitrogens is 2. The molecule has 0 N–H and O–H groups in total. The van der Waals surface area contributed by atoms with E-state index in [9.17, 15) is 4.79 Å². The third-order valence-corrected chi connectivity index (χ3v) is 5.26. The summed E-state index contributed by atoms with van der Waals surface area (Å²) in [6, 6.07) is 7.92. The minimum Gasteiger partial charge on any atom is -0.353 e. The number of amides is 1. The zero-order valence-corrected chi connectivity index (χ0v) is 16.1. The number of aryl methyl sites for hydroxylation is 1. The average Bonchev–Trinajstić information content (AvgIpc) is 3.07. The first-order chi connectivity index (χ1) is 11.5. The van der Waals surface area contributed by atoms with E-state index in [2.05, 4.69) is 17.1 Å². The van der Waals surface area contributed by atoms with E-state index in [1.165, 1.54) is 11.3 Å². The molecule has 1 aromatic carbocycles. The van der Waals surface area contributed by atoms with Crippen molar-refractivity contribution in [1.82, 2.24) is 10.2 Å². The van der Waals surface area contributed by atoms with Crippen LogP contribution in [0.1, 0.15) is 30.8 Å². The van der Waals surface area contributed by atoms with Crippen LogP contribution in [0.15, 0.2) is 24.3 Å². The van der Waals surface area contributed by atoms with Crippen LogP contribution in [0.25, 0.3) is 0 Å². The molecule has 1 amide bonds. The zero-order valence-electron chi connectivity index (χ0n) is 14.5. The van der Waals surface area contributed by atoms with Crippen LogP contribution in [0, 0.1) is 0 Å². The number of alkyl halides is 1. The number of carbonyl (C=O) groups excluding carboxylic acids is 1. The lowest BCUT2D eigenvalue weighted by molar-refractivity contribution is -0.118. The first kappa shape index (κ1) is 18.7. The number of halogens is 1. The molecule has 0 radical (unpaired) electrons. The molecular formula is C17H23ClN4OS. The molecule has 0 aliphatic rings. The van der Waals surface area contributed by atoms with E-state index in [1.54, 1.807) is 4.90 Å². The highest BCUT2D eigenvalue weighted by Crippen LogP contribution is 2.27. The van der Waals surface area contributed by atoms with E-state index in [1.807, 2.05) is 50.2 Å². The van der Waals surface area contributed by atoms with E-state index < -0.39 is 5.38 Å². The Labute approximate surface area is 152 Å². The molecule has 0 saturated heterocycles. The normalized spacial score (nSPS) is 12.0. The quantitative estimate of drug-likeness (QED) is 0.701. The molecule has 0 aliphatic carbocycles. The zero-order chi connectivity index (χ0) is 17.7. The Bertz CT molecular complexity index is 689. The van der Waals surface area contributed by atoms with Crippen LogP contribution in [0.2, 0.25) is 0 Å². The number of carbonyl (C=O) groups is 1. The van der Waals surface area contributed by atoms with Crippen molar-refractivity contribution in [3.63, 3.8) is 0 Å². The van der Waals surface area contributed by atoms with Gasteiger partial charge in [-0.15, -0.1) is 21.8 Å². The van der Waals surface area contributed by atoms with Gasteiger partial charge in [-0.3, -0.25) is 4.79 Å². The van der Waals surface area contributed by atoms with Crippen LogP contribution in [0.5, 0.6) is 0 Å². The van der Waals surface area contributed by atoms with Gasteiger partial charge in [0.2, 0.25) is 11.0 Å². The predicted octanol–water partition coefficient (Wildman–Crippen LogP) is 3.72. The number of hydrogen-bond acceptors (Lipinski definition) is 5. The molecule has 0 bridgehead atoms. The Balaban J connectivity index is 2.37. The van der Waals surface area contributed by atoms with Crippen molar-refractivity contribution in [1.29, 1.82) is 0 Å². The number of hydrogen-bond donors (Lipinski definition) is 0. The molecule has 2 rings (SSSR count). The highest BCUT2D eigenvalue weighted by molar-refractivity contribution is 7.15. The smallest absolute Gasteiger partial charge is 0.245 e. The Morgan fingerprint density at radius 2 is 1.96 bits per heavy atom. The molecule has 5 nitrogen and oxygen atoms in total. The maximum atomic E-state index is 12.8. The summed E-state index contributed by atoms with van der Waals surface area (Å²) in [5.74, 6) is -0.0957. The SMILES string of the molecule is CCc1ccccc1N(Cc1nnc(N(C)C)s1)C(=O)C(Cl)CC. The molecule has 2 aromatic rings. The topological polar surface area (TPSA) is 49.3 Å². The lowest BCUT2D eigenvalue weighted by Gasteiger charge is -2.26. The van der Waals surface area contributed by atoms with Gasteiger partial charge < -0.3 is 9.80 Å². The van der Waals surface area contributed by atoms with E-state index in [0.29, 0.717) is 13.0 Å². The van der Waals surface area contributed by atoms with Crippen LogP contribution in [-0.4, -0.2) is 35.6 Å². The molecule has 0 aliphatic heterocycles. The maximum Gasteiger partial charge on any atom is 0.245 e. The fraction of sp³-hybridized carbons (Fsp3) is 0.471. The van der Waals surface area contributed by atoms with E-state index in [4.69, 9.17) is 11.6 Å². The number of nitrogens with zero attached hydrogens (tertiary/aromatic N) is 4. The number of para-hydroxylation sites is 1. The van der Waals surface area contributed by atoms with E-state index in [0.717, 1.165) is 27.8 Å². The standard InChI is InChI=1S/C17H23ClN4OS/c1-5-12-9-7-8-10-14(12)22(16(23)13(18)6-2)11-15-19-20-17(24-15)21(3)4/h7-10,13H,5-6,11H2,1-4H3. The molecule has 0 spiro atoms. The molecule has 1 atom stereocenters. The second-order valence-corrected chi connectivity index (χ2v) is 7.22. The van der Waals surface area contributed by atoms with Crippen molar-refractivity contribution in [2.24, 2.45) is 0 Å². The number of benzene rings is 1. The summed E-state index contributed by atoms with van der Waals surface area (Å²) in [6.45, 7) is 4.37. The van der Waals surface area contributed by atoms with Gasteiger partial charge in [0.05, 0.1) is 6.54 Å². The molecule has 7 heteroatoms.